The molecule has 1 radical (unpaired) electrons. The molecule has 0 aliphatic heterocycles. The summed E-state index contributed by atoms with van der Waals surface area (Å²) >= 11 is 0. The Balaban J connectivity index is 2.65. The normalized spacial score (nSPS) is 12.1. The van der Waals surface area contributed by atoms with Gasteiger partial charge in [-0.3, -0.25) is 0 Å². The number of benzene rings is 1. The summed E-state index contributed by atoms with van der Waals surface area (Å²) in [6.45, 7) is 11.2. The van der Waals surface area contributed by atoms with Gasteiger partial charge in [-0.25, -0.2) is 0 Å². The van der Waals surface area contributed by atoms with Gasteiger partial charge in [0.1, 0.15) is 0 Å². The molecule has 15 heavy (non-hydrogen) atoms. The number of hydrogen-bond acceptors (Lipinski definition) is 0. The van der Waals surface area contributed by atoms with E-state index in [2.05, 4.69) is 65.3 Å². The van der Waals surface area contributed by atoms with E-state index >= 15 is 0 Å². The van der Waals surface area contributed by atoms with Crippen molar-refractivity contribution >= 4 is 0 Å². The summed E-state index contributed by atoms with van der Waals surface area (Å²) in [6.07, 6.45) is 3.48. The van der Waals surface area contributed by atoms with Gasteiger partial charge in [-0.2, -0.15) is 0 Å². The van der Waals surface area contributed by atoms with E-state index in [-0.39, 0.29) is 5.41 Å². The first kappa shape index (κ1) is 12.3. The van der Waals surface area contributed by atoms with Crippen LogP contribution in [-0.4, -0.2) is 0 Å². The van der Waals surface area contributed by atoms with Gasteiger partial charge in [0.15, 0.2) is 0 Å². The maximum absolute atomic E-state index is 2.32. The molecule has 0 heterocycles. The fourth-order valence-electron chi connectivity index (χ4n) is 1.49. The van der Waals surface area contributed by atoms with E-state index in [1.807, 2.05) is 0 Å². The molecule has 0 aromatic heterocycles. The Hall–Kier alpha value is -0.780. The number of rotatable bonds is 3. The molecule has 0 fully saturated rings. The van der Waals surface area contributed by atoms with Crippen molar-refractivity contribution < 1.29 is 0 Å². The Bertz CT molecular complexity index is 285. The summed E-state index contributed by atoms with van der Waals surface area (Å²) in [7, 11) is 0. The van der Waals surface area contributed by atoms with Gasteiger partial charge in [0.25, 0.3) is 0 Å². The molecule has 0 aliphatic rings. The highest BCUT2D eigenvalue weighted by Gasteiger charge is 2.12. The van der Waals surface area contributed by atoms with Crippen LogP contribution in [0.3, 0.4) is 0 Å². The van der Waals surface area contributed by atoms with E-state index in [0.29, 0.717) is 0 Å². The first-order valence-electron chi connectivity index (χ1n) is 5.83. The second-order valence-corrected chi connectivity index (χ2v) is 5.71. The van der Waals surface area contributed by atoms with Crippen molar-refractivity contribution in [3.63, 3.8) is 0 Å². The lowest BCUT2D eigenvalue weighted by Gasteiger charge is -2.19. The molecule has 0 aliphatic carbocycles. The van der Waals surface area contributed by atoms with Crippen LogP contribution >= 0.6 is 0 Å². The first-order chi connectivity index (χ1) is 6.89. The quantitative estimate of drug-likeness (QED) is 0.674. The highest BCUT2D eigenvalue weighted by atomic mass is 14.2. The lowest BCUT2D eigenvalue weighted by atomic mass is 9.86. The summed E-state index contributed by atoms with van der Waals surface area (Å²) < 4.78 is 0. The molecule has 83 valence electrons. The fraction of sp³-hybridized carbons (Fsp3) is 0.533. The third-order valence-corrected chi connectivity index (χ3v) is 2.60. The molecule has 0 saturated heterocycles. The minimum Gasteiger partial charge on any atom is -0.0628 e. The third kappa shape index (κ3) is 4.07. The SMILES string of the molecule is CC(C)C[CH]c1ccc(C(C)(C)C)cc1. The summed E-state index contributed by atoms with van der Waals surface area (Å²) in [6, 6.07) is 8.93. The van der Waals surface area contributed by atoms with Crippen molar-refractivity contribution in [2.75, 3.05) is 0 Å². The lowest BCUT2D eigenvalue weighted by molar-refractivity contribution is 0.590. The zero-order valence-corrected chi connectivity index (χ0v) is 10.7. The average molecular weight is 203 g/mol. The van der Waals surface area contributed by atoms with E-state index in [1.54, 1.807) is 0 Å². The Morgan fingerprint density at radius 3 is 2.00 bits per heavy atom. The molecule has 0 amide bonds. The zero-order valence-electron chi connectivity index (χ0n) is 10.7. The van der Waals surface area contributed by atoms with Crippen molar-refractivity contribution in [3.05, 3.63) is 41.8 Å². The van der Waals surface area contributed by atoms with Crippen LogP contribution in [-0.2, 0) is 5.41 Å². The molecule has 1 rings (SSSR count). The molecule has 0 bridgehead atoms. The average Bonchev–Trinajstić information content (AvgIpc) is 2.14. The lowest BCUT2D eigenvalue weighted by Crippen LogP contribution is -2.10. The van der Waals surface area contributed by atoms with Gasteiger partial charge in [-0.05, 0) is 35.3 Å². The molecule has 0 unspecified atom stereocenters. The molecule has 1 aromatic rings. The molecule has 0 atom stereocenters. The van der Waals surface area contributed by atoms with Crippen LogP contribution in [0.15, 0.2) is 24.3 Å². The Morgan fingerprint density at radius 2 is 1.60 bits per heavy atom. The fourth-order valence-corrected chi connectivity index (χ4v) is 1.49. The van der Waals surface area contributed by atoms with Gasteiger partial charge in [0.05, 0.1) is 0 Å². The summed E-state index contributed by atoms with van der Waals surface area (Å²) in [5, 5.41) is 0. The third-order valence-electron chi connectivity index (χ3n) is 2.60. The standard InChI is InChI=1S/C15H23/c1-12(2)6-7-13-8-10-14(11-9-13)15(3,4)5/h7-12H,6H2,1-5H3. The van der Waals surface area contributed by atoms with E-state index < -0.39 is 0 Å². The van der Waals surface area contributed by atoms with Crippen molar-refractivity contribution in [1.29, 1.82) is 0 Å². The van der Waals surface area contributed by atoms with E-state index in [9.17, 15) is 0 Å². The predicted octanol–water partition coefficient (Wildman–Crippen LogP) is 4.58. The molecule has 0 heteroatoms. The zero-order chi connectivity index (χ0) is 11.5. The van der Waals surface area contributed by atoms with Crippen LogP contribution in [0.1, 0.15) is 52.2 Å². The number of hydrogen-bond donors (Lipinski definition) is 0. The summed E-state index contributed by atoms with van der Waals surface area (Å²) in [4.78, 5) is 0. The molecule has 0 N–H and O–H groups in total. The molecule has 1 aromatic carbocycles. The highest BCUT2D eigenvalue weighted by molar-refractivity contribution is 5.31. The largest absolute Gasteiger partial charge is 0.0628 e. The predicted molar refractivity (Wildman–Crippen MR) is 68.0 cm³/mol. The Labute approximate surface area is 94.7 Å². The minimum absolute atomic E-state index is 0.260. The van der Waals surface area contributed by atoms with E-state index in [1.165, 1.54) is 11.1 Å². The molecule has 0 spiro atoms. The molecular weight excluding hydrogens is 180 g/mol. The van der Waals surface area contributed by atoms with Crippen LogP contribution in [0.2, 0.25) is 0 Å². The van der Waals surface area contributed by atoms with Crippen LogP contribution in [0.4, 0.5) is 0 Å². The topological polar surface area (TPSA) is 0 Å². The molecule has 0 nitrogen and oxygen atoms in total. The van der Waals surface area contributed by atoms with Crippen LogP contribution in [0, 0.1) is 12.3 Å². The second-order valence-electron chi connectivity index (χ2n) is 5.71. The molecular formula is C15H23. The second kappa shape index (κ2) is 4.83. The summed E-state index contributed by atoms with van der Waals surface area (Å²) in [5.74, 6) is 0.743. The van der Waals surface area contributed by atoms with E-state index in [0.717, 1.165) is 12.3 Å². The maximum Gasteiger partial charge on any atom is -0.00906 e. The van der Waals surface area contributed by atoms with Crippen LogP contribution in [0.5, 0.6) is 0 Å². The maximum atomic E-state index is 2.32. The monoisotopic (exact) mass is 203 g/mol. The highest BCUT2D eigenvalue weighted by Crippen LogP contribution is 2.23. The van der Waals surface area contributed by atoms with Gasteiger partial charge in [0.2, 0.25) is 0 Å². The van der Waals surface area contributed by atoms with Crippen LogP contribution < -0.4 is 0 Å². The van der Waals surface area contributed by atoms with Crippen molar-refractivity contribution in [3.8, 4) is 0 Å². The van der Waals surface area contributed by atoms with Gasteiger partial charge in [0, 0.05) is 0 Å². The first-order valence-corrected chi connectivity index (χ1v) is 5.83. The summed E-state index contributed by atoms with van der Waals surface area (Å²) in [5.41, 5.74) is 3.01. The van der Waals surface area contributed by atoms with Crippen LogP contribution in [0.25, 0.3) is 0 Å². The van der Waals surface area contributed by atoms with Crippen molar-refractivity contribution in [2.24, 2.45) is 5.92 Å². The smallest absolute Gasteiger partial charge is 0.00906 e. The van der Waals surface area contributed by atoms with Gasteiger partial charge >= 0.3 is 0 Å². The van der Waals surface area contributed by atoms with Gasteiger partial charge in [-0.1, -0.05) is 58.9 Å². The Kier molecular flexibility index (Phi) is 3.96. The van der Waals surface area contributed by atoms with Gasteiger partial charge in [-0.15, -0.1) is 0 Å². The minimum atomic E-state index is 0.260. The van der Waals surface area contributed by atoms with E-state index in [4.69, 9.17) is 0 Å². The molecule has 0 saturated carbocycles. The van der Waals surface area contributed by atoms with Crippen molar-refractivity contribution in [1.82, 2.24) is 0 Å². The Morgan fingerprint density at radius 1 is 1.07 bits per heavy atom. The van der Waals surface area contributed by atoms with Crippen molar-refractivity contribution in [2.45, 2.75) is 46.5 Å². The van der Waals surface area contributed by atoms with Gasteiger partial charge < -0.3 is 0 Å².